The number of hydrogen-bond donors (Lipinski definition) is 2. The lowest BCUT2D eigenvalue weighted by Crippen LogP contribution is -2.32. The number of carbonyl (C=O) groups excluding carboxylic acids is 2. The fourth-order valence-corrected chi connectivity index (χ4v) is 5.02. The smallest absolute Gasteiger partial charge is 0.273 e. The maximum absolute atomic E-state index is 13.2. The molecule has 0 bridgehead atoms. The number of benzene rings is 4. The zero-order chi connectivity index (χ0) is 28.7. The first kappa shape index (κ1) is 28.5. The van der Waals surface area contributed by atoms with Crippen molar-refractivity contribution in [2.75, 3.05) is 15.9 Å². The van der Waals surface area contributed by atoms with Gasteiger partial charge in [0.15, 0.2) is 0 Å². The van der Waals surface area contributed by atoms with Gasteiger partial charge < -0.3 is 5.32 Å². The number of nitrogens with one attached hydrogen (secondary N) is 2. The molecule has 0 spiro atoms. The Kier molecular flexibility index (Phi) is 8.98. The maximum atomic E-state index is 13.2. The van der Waals surface area contributed by atoms with Gasteiger partial charge in [-0.05, 0) is 60.5 Å². The molecule has 2 amide bonds. The maximum Gasteiger partial charge on any atom is 0.273 e. The van der Waals surface area contributed by atoms with Crippen molar-refractivity contribution in [3.05, 3.63) is 130 Å². The van der Waals surface area contributed by atoms with Crippen LogP contribution in [0.5, 0.6) is 0 Å². The number of hydrogen-bond acceptors (Lipinski definition) is 5. The average molecular weight is 575 g/mol. The Morgan fingerprint density at radius 2 is 1.50 bits per heavy atom. The number of sulfonamides is 1. The van der Waals surface area contributed by atoms with Crippen LogP contribution in [0.2, 0.25) is 5.02 Å². The van der Waals surface area contributed by atoms with Gasteiger partial charge >= 0.3 is 0 Å². The molecule has 4 rings (SSSR count). The minimum absolute atomic E-state index is 0.0694. The number of anilines is 2. The highest BCUT2D eigenvalue weighted by Crippen LogP contribution is 2.25. The van der Waals surface area contributed by atoms with Gasteiger partial charge in [-0.1, -0.05) is 72.3 Å². The van der Waals surface area contributed by atoms with E-state index in [1.165, 1.54) is 4.31 Å². The van der Waals surface area contributed by atoms with Crippen molar-refractivity contribution in [3.63, 3.8) is 0 Å². The molecule has 10 heteroatoms. The highest BCUT2D eigenvalue weighted by molar-refractivity contribution is 7.92. The summed E-state index contributed by atoms with van der Waals surface area (Å²) in [6.07, 6.45) is 1.10. The Morgan fingerprint density at radius 1 is 0.825 bits per heavy atom. The molecular weight excluding hydrogens is 548 g/mol. The molecule has 0 unspecified atom stereocenters. The topological polar surface area (TPSA) is 108 Å². The van der Waals surface area contributed by atoms with Crippen LogP contribution in [-0.4, -0.2) is 32.2 Å². The van der Waals surface area contributed by atoms with Crippen LogP contribution >= 0.6 is 11.6 Å². The van der Waals surface area contributed by atoms with Crippen LogP contribution in [-0.2, 0) is 16.6 Å². The molecule has 0 fully saturated rings. The largest absolute Gasteiger partial charge is 0.322 e. The quantitative estimate of drug-likeness (QED) is 0.197. The van der Waals surface area contributed by atoms with Gasteiger partial charge in [0.05, 0.1) is 29.8 Å². The van der Waals surface area contributed by atoms with Gasteiger partial charge in [0, 0.05) is 16.3 Å². The predicted octanol–water partition coefficient (Wildman–Crippen LogP) is 5.71. The van der Waals surface area contributed by atoms with E-state index in [2.05, 4.69) is 15.8 Å². The Hall–Kier alpha value is -4.47. The molecule has 204 valence electrons. The third-order valence-electron chi connectivity index (χ3n) is 5.94. The summed E-state index contributed by atoms with van der Waals surface area (Å²) in [5.74, 6) is -0.882. The van der Waals surface area contributed by atoms with E-state index in [1.807, 2.05) is 30.3 Å². The van der Waals surface area contributed by atoms with E-state index in [1.54, 1.807) is 79.7 Å². The van der Waals surface area contributed by atoms with Crippen LogP contribution in [0, 0.1) is 0 Å². The molecule has 0 atom stereocenters. The third kappa shape index (κ3) is 7.34. The molecule has 0 aliphatic heterocycles. The summed E-state index contributed by atoms with van der Waals surface area (Å²) in [7, 11) is -3.71. The number of carbonyl (C=O) groups is 2. The molecule has 0 saturated heterocycles. The fraction of sp³-hybridized carbons (Fsp3) is 0.100. The Balaban J connectivity index is 1.52. The van der Waals surface area contributed by atoms with Crippen LogP contribution in [0.3, 0.4) is 0 Å². The minimum atomic E-state index is -3.71. The predicted molar refractivity (Wildman–Crippen MR) is 159 cm³/mol. The van der Waals surface area contributed by atoms with Crippen LogP contribution < -0.4 is 15.0 Å². The summed E-state index contributed by atoms with van der Waals surface area (Å²) in [6, 6.07) is 29.2. The lowest BCUT2D eigenvalue weighted by atomic mass is 10.1. The standard InChI is InChI=1S/C30H27ClN4O4S/c1-21(23-12-9-15-26(19-23)32-29(36)24-13-8-14-25(31)18-24)33-34-30(37)27-16-6-7-17-28(27)35(40(2,38)39)20-22-10-4-3-5-11-22/h3-19H,20H2,1-2H3,(H,32,36)(H,34,37)/b33-21-. The number of hydrazone groups is 1. The van der Waals surface area contributed by atoms with Gasteiger partial charge in [-0.25, -0.2) is 13.8 Å². The summed E-state index contributed by atoms with van der Waals surface area (Å²) in [6.45, 7) is 1.78. The van der Waals surface area contributed by atoms with E-state index in [0.29, 0.717) is 27.5 Å². The van der Waals surface area contributed by atoms with Gasteiger partial charge in [0.25, 0.3) is 11.8 Å². The summed E-state index contributed by atoms with van der Waals surface area (Å²) >= 11 is 5.99. The van der Waals surface area contributed by atoms with Gasteiger partial charge in [0.1, 0.15) is 0 Å². The normalized spacial score (nSPS) is 11.5. The number of amides is 2. The van der Waals surface area contributed by atoms with Crippen molar-refractivity contribution >= 4 is 50.5 Å². The molecule has 40 heavy (non-hydrogen) atoms. The molecule has 4 aromatic carbocycles. The first-order valence-electron chi connectivity index (χ1n) is 12.2. The summed E-state index contributed by atoms with van der Waals surface area (Å²) < 4.78 is 26.6. The molecule has 4 aromatic rings. The highest BCUT2D eigenvalue weighted by atomic mass is 35.5. The first-order valence-corrected chi connectivity index (χ1v) is 14.5. The zero-order valence-electron chi connectivity index (χ0n) is 21.8. The van der Waals surface area contributed by atoms with E-state index in [4.69, 9.17) is 11.6 Å². The van der Waals surface area contributed by atoms with Crippen LogP contribution in [0.15, 0.2) is 108 Å². The second kappa shape index (κ2) is 12.6. The molecule has 8 nitrogen and oxygen atoms in total. The van der Waals surface area contributed by atoms with Crippen LogP contribution in [0.25, 0.3) is 0 Å². The van der Waals surface area contributed by atoms with E-state index in [0.717, 1.165) is 11.8 Å². The number of para-hydroxylation sites is 1. The molecule has 0 heterocycles. The Morgan fingerprint density at radius 3 is 2.23 bits per heavy atom. The molecular formula is C30H27ClN4O4S. The minimum Gasteiger partial charge on any atom is -0.322 e. The third-order valence-corrected chi connectivity index (χ3v) is 7.30. The fourth-order valence-electron chi connectivity index (χ4n) is 3.93. The SMILES string of the molecule is C/C(=N/NC(=O)c1ccccc1N(Cc1ccccc1)S(C)(=O)=O)c1cccc(NC(=O)c2cccc(Cl)c2)c1. The van der Waals surface area contributed by atoms with E-state index in [9.17, 15) is 18.0 Å². The van der Waals surface area contributed by atoms with Gasteiger partial charge in [0.2, 0.25) is 10.0 Å². The molecule has 0 aliphatic carbocycles. The van der Waals surface area contributed by atoms with E-state index < -0.39 is 15.9 Å². The van der Waals surface area contributed by atoms with Crippen LogP contribution in [0.1, 0.15) is 38.8 Å². The number of nitrogens with zero attached hydrogens (tertiary/aromatic N) is 2. The van der Waals surface area contributed by atoms with Gasteiger partial charge in [-0.15, -0.1) is 0 Å². The van der Waals surface area contributed by atoms with Crippen molar-refractivity contribution in [2.45, 2.75) is 13.5 Å². The molecule has 2 N–H and O–H groups in total. The molecule has 0 aromatic heterocycles. The second-order valence-electron chi connectivity index (χ2n) is 8.96. The average Bonchev–Trinajstić information content (AvgIpc) is 2.94. The Labute approximate surface area is 238 Å². The lowest BCUT2D eigenvalue weighted by Gasteiger charge is -2.24. The highest BCUT2D eigenvalue weighted by Gasteiger charge is 2.23. The van der Waals surface area contributed by atoms with Crippen LogP contribution in [0.4, 0.5) is 11.4 Å². The number of halogens is 1. The second-order valence-corrected chi connectivity index (χ2v) is 11.3. The van der Waals surface area contributed by atoms with E-state index >= 15 is 0 Å². The monoisotopic (exact) mass is 574 g/mol. The Bertz CT molecular complexity index is 1670. The van der Waals surface area contributed by atoms with E-state index in [-0.39, 0.29) is 23.7 Å². The van der Waals surface area contributed by atoms with Crippen molar-refractivity contribution in [1.82, 2.24) is 5.43 Å². The number of rotatable bonds is 9. The zero-order valence-corrected chi connectivity index (χ0v) is 23.4. The van der Waals surface area contributed by atoms with Gasteiger partial charge in [-0.3, -0.25) is 13.9 Å². The summed E-state index contributed by atoms with van der Waals surface area (Å²) in [4.78, 5) is 25.8. The van der Waals surface area contributed by atoms with Crippen molar-refractivity contribution < 1.29 is 18.0 Å². The summed E-state index contributed by atoms with van der Waals surface area (Å²) in [5, 5.41) is 7.51. The lowest BCUT2D eigenvalue weighted by molar-refractivity contribution is 0.0954. The molecule has 0 aliphatic rings. The first-order chi connectivity index (χ1) is 19.1. The van der Waals surface area contributed by atoms with Gasteiger partial charge in [-0.2, -0.15) is 5.10 Å². The van der Waals surface area contributed by atoms with Crippen molar-refractivity contribution in [2.24, 2.45) is 5.10 Å². The molecule has 0 radical (unpaired) electrons. The summed E-state index contributed by atoms with van der Waals surface area (Å²) in [5.41, 5.74) is 5.81. The molecule has 0 saturated carbocycles. The van der Waals surface area contributed by atoms with Crippen molar-refractivity contribution in [3.8, 4) is 0 Å². The van der Waals surface area contributed by atoms with Crippen molar-refractivity contribution in [1.29, 1.82) is 0 Å².